The standard InChI is InChI=1S/C27H24N2O5/c1-32-17-5-6-18-20(11-17)23(15-31)29(10-4-9-28-7-2-3-8-28)27-21-13-25-24(33-16-34-25)12-19(21)22(14-30)26(18)27/h5-6,11-13H,2-4,7-10,16H2,1H3. The predicted octanol–water partition coefficient (Wildman–Crippen LogP) is 1.75. The molecule has 1 aliphatic carbocycles. The fraction of sp³-hybridized carbons (Fsp3) is 0.333. The van der Waals surface area contributed by atoms with E-state index in [1.807, 2.05) is 34.9 Å². The lowest BCUT2D eigenvalue weighted by molar-refractivity contribution is 0.174. The van der Waals surface area contributed by atoms with Crippen LogP contribution in [0.2, 0.25) is 0 Å². The molecule has 0 unspecified atom stereocenters. The third-order valence-electron chi connectivity index (χ3n) is 7.07. The molecule has 3 heterocycles. The number of nitrogens with zero attached hydrogens (tertiary/aromatic N) is 2. The number of benzene rings is 2. The smallest absolute Gasteiger partial charge is 0.231 e. The summed E-state index contributed by atoms with van der Waals surface area (Å²) >= 11 is 0. The summed E-state index contributed by atoms with van der Waals surface area (Å²) in [5.74, 6) is 6.24. The van der Waals surface area contributed by atoms with Crippen molar-refractivity contribution in [2.45, 2.75) is 25.8 Å². The molecule has 1 saturated heterocycles. The van der Waals surface area contributed by atoms with E-state index in [9.17, 15) is 9.59 Å². The maximum atomic E-state index is 12.4. The zero-order valence-corrected chi connectivity index (χ0v) is 19.0. The molecule has 0 aromatic heterocycles. The van der Waals surface area contributed by atoms with Gasteiger partial charge in [-0.05, 0) is 74.6 Å². The van der Waals surface area contributed by atoms with Gasteiger partial charge in [-0.1, -0.05) is 0 Å². The molecule has 0 amide bonds. The van der Waals surface area contributed by atoms with Crippen LogP contribution in [0.5, 0.6) is 17.2 Å². The van der Waals surface area contributed by atoms with Gasteiger partial charge in [0.1, 0.15) is 17.0 Å². The maximum absolute atomic E-state index is 12.4. The van der Waals surface area contributed by atoms with E-state index >= 15 is 0 Å². The number of hydrogen-bond acceptors (Lipinski definition) is 6. The molecule has 3 aliphatic heterocycles. The van der Waals surface area contributed by atoms with Crippen LogP contribution in [0.15, 0.2) is 30.3 Å². The predicted molar refractivity (Wildman–Crippen MR) is 127 cm³/mol. The van der Waals surface area contributed by atoms with Gasteiger partial charge in [0.25, 0.3) is 0 Å². The minimum atomic E-state index is 0.145. The summed E-state index contributed by atoms with van der Waals surface area (Å²) in [4.78, 5) is 27.1. The van der Waals surface area contributed by atoms with E-state index in [1.54, 1.807) is 7.11 Å². The van der Waals surface area contributed by atoms with E-state index in [2.05, 4.69) is 16.8 Å². The third-order valence-corrected chi connectivity index (χ3v) is 7.07. The number of fused-ring (bicyclic) bond motifs is 5. The van der Waals surface area contributed by atoms with Crippen LogP contribution >= 0.6 is 0 Å². The fourth-order valence-electron chi connectivity index (χ4n) is 5.49. The molecule has 172 valence electrons. The zero-order valence-electron chi connectivity index (χ0n) is 19.0. The lowest BCUT2D eigenvalue weighted by atomic mass is 10.1. The molecular weight excluding hydrogens is 432 g/mol. The number of ether oxygens (including phenoxy) is 3. The van der Waals surface area contributed by atoms with Crippen molar-refractivity contribution in [1.29, 1.82) is 0 Å². The Morgan fingerprint density at radius 1 is 0.912 bits per heavy atom. The van der Waals surface area contributed by atoms with E-state index in [0.717, 1.165) is 52.8 Å². The van der Waals surface area contributed by atoms with Gasteiger partial charge >= 0.3 is 0 Å². The third kappa shape index (κ3) is 3.10. The highest BCUT2D eigenvalue weighted by Crippen LogP contribution is 2.36. The van der Waals surface area contributed by atoms with E-state index in [-0.39, 0.29) is 6.79 Å². The largest absolute Gasteiger partial charge is 0.497 e. The van der Waals surface area contributed by atoms with Crippen LogP contribution in [0.1, 0.15) is 19.3 Å². The summed E-state index contributed by atoms with van der Waals surface area (Å²) in [6, 6.07) is 9.32. The van der Waals surface area contributed by atoms with Gasteiger partial charge in [-0.25, -0.2) is 9.59 Å². The van der Waals surface area contributed by atoms with E-state index in [4.69, 9.17) is 14.2 Å². The Morgan fingerprint density at radius 3 is 2.38 bits per heavy atom. The first kappa shape index (κ1) is 20.8. The van der Waals surface area contributed by atoms with Crippen LogP contribution in [0.3, 0.4) is 0 Å². The molecule has 4 aliphatic rings. The van der Waals surface area contributed by atoms with E-state index < -0.39 is 0 Å². The molecular formula is C27H24N2O5. The highest BCUT2D eigenvalue weighted by atomic mass is 16.7. The first-order valence-electron chi connectivity index (χ1n) is 11.6. The SMILES string of the molecule is COc1ccc2c3c(=C=O)c4cc5c(cc4c=3n(CCCN3CCCC3)c(=C=O)c2c1)OCO5. The van der Waals surface area contributed by atoms with Crippen molar-refractivity contribution in [2.75, 3.05) is 33.5 Å². The Bertz CT molecular complexity index is 1670. The summed E-state index contributed by atoms with van der Waals surface area (Å²) < 4.78 is 18.6. The highest BCUT2D eigenvalue weighted by Gasteiger charge is 2.21. The Morgan fingerprint density at radius 2 is 1.68 bits per heavy atom. The van der Waals surface area contributed by atoms with Crippen molar-refractivity contribution in [3.8, 4) is 17.2 Å². The normalized spacial score (nSPS) is 15.3. The fourth-order valence-corrected chi connectivity index (χ4v) is 5.49. The number of aromatic nitrogens is 1. The summed E-state index contributed by atoms with van der Waals surface area (Å²) in [7, 11) is 1.59. The molecule has 0 N–H and O–H groups in total. The van der Waals surface area contributed by atoms with Crippen LogP contribution < -0.4 is 24.8 Å². The molecule has 0 spiro atoms. The number of hydrogen-bond donors (Lipinski definition) is 0. The van der Waals surface area contributed by atoms with Crippen molar-refractivity contribution in [2.24, 2.45) is 0 Å². The van der Waals surface area contributed by atoms with Crippen molar-refractivity contribution >= 4 is 33.4 Å². The molecule has 6 rings (SSSR count). The van der Waals surface area contributed by atoms with Crippen LogP contribution in [0.25, 0.3) is 21.5 Å². The van der Waals surface area contributed by atoms with Gasteiger partial charge in [-0.2, -0.15) is 0 Å². The molecule has 2 aromatic carbocycles. The maximum Gasteiger partial charge on any atom is 0.231 e. The summed E-state index contributed by atoms with van der Waals surface area (Å²) in [5, 5.41) is 5.58. The Balaban J connectivity index is 1.72. The van der Waals surface area contributed by atoms with Crippen molar-refractivity contribution in [3.63, 3.8) is 0 Å². The lowest BCUT2D eigenvalue weighted by Gasteiger charge is -2.16. The lowest BCUT2D eigenvalue weighted by Crippen LogP contribution is -2.28. The molecule has 7 heteroatoms. The number of methoxy groups -OCH3 is 1. The second kappa shape index (κ2) is 8.23. The number of rotatable bonds is 5. The minimum absolute atomic E-state index is 0.145. The van der Waals surface area contributed by atoms with Gasteiger partial charge in [0, 0.05) is 27.9 Å². The average Bonchev–Trinajstić information content (AvgIpc) is 3.61. The second-order valence-electron chi connectivity index (χ2n) is 8.87. The molecule has 34 heavy (non-hydrogen) atoms. The average molecular weight is 456 g/mol. The van der Waals surface area contributed by atoms with Gasteiger partial charge < -0.3 is 23.7 Å². The Kier molecular flexibility index (Phi) is 5.04. The van der Waals surface area contributed by atoms with Crippen LogP contribution in [-0.4, -0.2) is 54.9 Å². The summed E-state index contributed by atoms with van der Waals surface area (Å²) in [6.45, 7) is 3.96. The first-order chi connectivity index (χ1) is 16.7. The molecule has 2 aromatic rings. The van der Waals surface area contributed by atoms with Gasteiger partial charge in [-0.15, -0.1) is 0 Å². The highest BCUT2D eigenvalue weighted by molar-refractivity contribution is 5.96. The number of carbonyl (C=O) groups excluding carboxylic acids is 2. The Hall–Kier alpha value is -3.76. The molecule has 0 radical (unpaired) electrons. The summed E-state index contributed by atoms with van der Waals surface area (Å²) in [6.07, 6.45) is 3.35. The van der Waals surface area contributed by atoms with Crippen LogP contribution in [-0.2, 0) is 16.1 Å². The minimum Gasteiger partial charge on any atom is -0.497 e. The first-order valence-corrected chi connectivity index (χ1v) is 11.6. The van der Waals surface area contributed by atoms with E-state index in [1.165, 1.54) is 12.8 Å². The van der Waals surface area contributed by atoms with Crippen molar-refractivity contribution in [3.05, 3.63) is 51.5 Å². The molecule has 0 saturated carbocycles. The molecule has 1 fully saturated rings. The summed E-state index contributed by atoms with van der Waals surface area (Å²) in [5.41, 5.74) is 0. The Labute approximate surface area is 195 Å². The molecule has 7 nitrogen and oxygen atoms in total. The van der Waals surface area contributed by atoms with Gasteiger partial charge in [0.15, 0.2) is 17.4 Å². The second-order valence-corrected chi connectivity index (χ2v) is 8.87. The van der Waals surface area contributed by atoms with Gasteiger partial charge in [0.05, 0.1) is 17.7 Å². The van der Waals surface area contributed by atoms with Crippen molar-refractivity contribution in [1.82, 2.24) is 9.47 Å². The van der Waals surface area contributed by atoms with Gasteiger partial charge in [-0.3, -0.25) is 0 Å². The molecule has 0 atom stereocenters. The van der Waals surface area contributed by atoms with Crippen LogP contribution in [0.4, 0.5) is 0 Å². The van der Waals surface area contributed by atoms with Gasteiger partial charge in [0.2, 0.25) is 6.79 Å². The topological polar surface area (TPSA) is 70.0 Å². The zero-order chi connectivity index (χ0) is 23.2. The van der Waals surface area contributed by atoms with E-state index in [0.29, 0.717) is 39.7 Å². The number of likely N-dealkylation sites (tertiary alicyclic amines) is 1. The van der Waals surface area contributed by atoms with Crippen molar-refractivity contribution < 1.29 is 23.8 Å². The molecule has 0 bridgehead atoms. The monoisotopic (exact) mass is 456 g/mol. The van der Waals surface area contributed by atoms with Crippen LogP contribution in [0, 0.1) is 10.6 Å². The quantitative estimate of drug-likeness (QED) is 0.456.